The van der Waals surface area contributed by atoms with Crippen molar-refractivity contribution in [1.82, 2.24) is 20.0 Å². The zero-order valence-corrected chi connectivity index (χ0v) is 62.4. The fraction of sp³-hybridized carbons (Fsp3) is 0.410. The first-order chi connectivity index (χ1) is 50.3. The third-order valence-electron chi connectivity index (χ3n) is 21.4. The molecule has 1 saturated carbocycles. The summed E-state index contributed by atoms with van der Waals surface area (Å²) in [4.78, 5) is 62.7. The van der Waals surface area contributed by atoms with E-state index in [1.165, 1.54) is 50.3 Å². The monoisotopic (exact) mass is 1530 g/mol. The number of carbonyl (C=O) groups excluding carboxylic acids is 2. The molecule has 7 aliphatic heterocycles. The number of nitrogens with one attached hydrogen (secondary N) is 1. The van der Waals surface area contributed by atoms with E-state index in [9.17, 15) is 39.8 Å². The fourth-order valence-electron chi connectivity index (χ4n) is 16.1. The number of carbonyl (C=O) groups is 4. The lowest BCUT2D eigenvalue weighted by molar-refractivity contribution is -0.605. The Morgan fingerprint density at radius 3 is 1.84 bits per heavy atom. The Kier molecular flexibility index (Phi) is 23.9. The van der Waals surface area contributed by atoms with E-state index in [2.05, 4.69) is 26.1 Å². The molecule has 7 atom stereocenters. The zero-order valence-electron chi connectivity index (χ0n) is 57.8. The number of nitrogens with zero attached hydrogens (tertiary/aromatic N) is 5. The molecule has 16 rings (SSSR count). The number of piperidine rings is 6. The minimum atomic E-state index is -1.08. The number of fused-ring (bicyclic) bond motifs is 7. The molecule has 20 nitrogen and oxygen atoms in total. The van der Waals surface area contributed by atoms with E-state index in [1.54, 1.807) is 31.4 Å². The first kappa shape index (κ1) is 74.5. The van der Waals surface area contributed by atoms with Crippen molar-refractivity contribution in [3.8, 4) is 23.0 Å². The van der Waals surface area contributed by atoms with E-state index in [0.717, 1.165) is 140 Å². The Hall–Kier alpha value is -7.74. The molecule has 8 aliphatic rings. The van der Waals surface area contributed by atoms with Gasteiger partial charge in [0.1, 0.15) is 54.1 Å². The lowest BCUT2D eigenvalue weighted by atomic mass is 9.71. The Labute approximate surface area is 632 Å². The summed E-state index contributed by atoms with van der Waals surface area (Å²) in [5.41, 5.74) is 5.60. The maximum absolute atomic E-state index is 13.9. The molecule has 8 aromatic rings. The van der Waals surface area contributed by atoms with Crippen molar-refractivity contribution < 1.29 is 67.3 Å². The van der Waals surface area contributed by atoms with Crippen molar-refractivity contribution in [2.24, 2.45) is 17.8 Å². The highest BCUT2D eigenvalue weighted by Crippen LogP contribution is 2.47. The minimum absolute atomic E-state index is 0.0502. The van der Waals surface area contributed by atoms with Crippen molar-refractivity contribution >= 4 is 93.0 Å². The molecule has 3 N–H and O–H groups in total. The van der Waals surface area contributed by atoms with Gasteiger partial charge in [0.25, 0.3) is 0 Å². The second-order valence-corrected chi connectivity index (χ2v) is 31.5. The maximum Gasteiger partial charge on any atom is 0.348 e. The quantitative estimate of drug-likeness (QED) is 0.0274. The van der Waals surface area contributed by atoms with Gasteiger partial charge in [-0.25, -0.2) is 14.4 Å². The molecule has 11 heterocycles. The second kappa shape index (κ2) is 33.4. The number of carboxylic acids is 2. The van der Waals surface area contributed by atoms with Gasteiger partial charge in [0.15, 0.2) is 47.8 Å². The smallest absolute Gasteiger partial charge is 0.348 e. The Morgan fingerprint density at radius 2 is 1.23 bits per heavy atom. The number of pyridine rings is 2. The molecule has 4 aromatic carbocycles. The molecule has 0 spiro atoms. The first-order valence-electron chi connectivity index (χ1n) is 35.1. The molecule has 26 heteroatoms. The van der Waals surface area contributed by atoms with Gasteiger partial charge in [0.2, 0.25) is 0 Å². The van der Waals surface area contributed by atoms with Gasteiger partial charge in [-0.1, -0.05) is 113 Å². The summed E-state index contributed by atoms with van der Waals surface area (Å²) >= 11 is 28.5. The lowest BCUT2D eigenvalue weighted by Crippen LogP contribution is -2.58. The number of hydrogen-bond donors (Lipinski definition) is 3. The van der Waals surface area contributed by atoms with Crippen molar-refractivity contribution in [1.29, 1.82) is 0 Å². The number of benzene rings is 4. The Bertz CT molecular complexity index is 4360. The fourth-order valence-corrected chi connectivity index (χ4v) is 19.2. The van der Waals surface area contributed by atoms with Gasteiger partial charge in [-0.05, 0) is 184 Å². The molecule has 0 radical (unpaired) electrons. The molecule has 4 aromatic heterocycles. The molecule has 0 amide bonds. The van der Waals surface area contributed by atoms with Crippen LogP contribution in [-0.2, 0) is 51.4 Å². The number of rotatable bonds is 25. The SMILES string of the molecule is COc1ccc(C(Cc2c(Cl)c[n+]([O-])cc2Cl)c2cc(CNC(C(=O)O[C@H]3CN4CCC3CC4)c3ccccc3)sc2C(=O)O)cc1OC1CCCC1.COc1ccc([C@H](Cc2c(Cl)c[n+]([O-])cc2Cl)OC(=O)c2ccc(CN3C(C(=O)O)c4ccccc4CC3[C@H]3CN4CCC3CC4)s2)cc1OC. The molecular formula is C78H82Cl4N6O14S2. The summed E-state index contributed by atoms with van der Waals surface area (Å²) < 4.78 is 36.4. The van der Waals surface area contributed by atoms with E-state index in [1.807, 2.05) is 78.9 Å². The van der Waals surface area contributed by atoms with Gasteiger partial charge < -0.3 is 53.9 Å². The van der Waals surface area contributed by atoms with Gasteiger partial charge >= 0.3 is 23.9 Å². The van der Waals surface area contributed by atoms with Crippen LogP contribution in [0.1, 0.15) is 149 Å². The Morgan fingerprint density at radius 1 is 0.635 bits per heavy atom. The van der Waals surface area contributed by atoms with Crippen LogP contribution in [-0.4, -0.2) is 128 Å². The van der Waals surface area contributed by atoms with Gasteiger partial charge in [-0.3, -0.25) is 19.9 Å². The average molecular weight is 1530 g/mol. The van der Waals surface area contributed by atoms with Crippen LogP contribution in [0.15, 0.2) is 134 Å². The molecule has 7 fully saturated rings. The number of aromatic nitrogens is 2. The molecule has 548 valence electrons. The summed E-state index contributed by atoms with van der Waals surface area (Å²) in [6.45, 7) is 6.63. The molecular weight excluding hydrogens is 1450 g/mol. The zero-order chi connectivity index (χ0) is 72.9. The van der Waals surface area contributed by atoms with E-state index < -0.39 is 42.0 Å². The highest BCUT2D eigenvalue weighted by Gasteiger charge is 2.47. The van der Waals surface area contributed by atoms with E-state index in [-0.39, 0.29) is 68.6 Å². The number of aliphatic carboxylic acids is 1. The summed E-state index contributed by atoms with van der Waals surface area (Å²) in [6, 6.07) is 32.2. The number of halogens is 4. The normalized spacial score (nSPS) is 22.1. The molecule has 4 bridgehead atoms. The second-order valence-electron chi connectivity index (χ2n) is 27.6. The molecule has 1 aliphatic carbocycles. The van der Waals surface area contributed by atoms with Crippen LogP contribution >= 0.6 is 69.1 Å². The predicted octanol–water partition coefficient (Wildman–Crippen LogP) is 14.3. The number of carboxylic acid groups (broad SMARTS) is 2. The summed E-state index contributed by atoms with van der Waals surface area (Å²) in [7, 11) is 4.64. The van der Waals surface area contributed by atoms with E-state index in [0.29, 0.717) is 83.9 Å². The summed E-state index contributed by atoms with van der Waals surface area (Å²) in [5.74, 6) is -0.00380. The number of aromatic carboxylic acids is 1. The topological polar surface area (TPSA) is 240 Å². The van der Waals surface area contributed by atoms with E-state index in [4.69, 9.17) is 74.8 Å². The van der Waals surface area contributed by atoms with Gasteiger partial charge in [0, 0.05) is 65.4 Å². The number of thiophene rings is 2. The standard InChI is InChI=1S/C40H43Cl2N3O7S.C38H39Cl2N3O7S/c1-50-34-12-11-26(17-35(34)51-27-9-5-6-10-27)29(19-31-32(41)21-45(49)22-33(31)42)30-18-28(53-38(30)39(46)47)20-43-37(25-7-3-2-4-8-25)40(48)52-36-23-44-15-13-24(36)14-16-44;1-48-32-9-7-24(16-34(32)49-2)33(17-27-29(39)20-42(47)21-30(27)40)50-38(46)35-10-8-25(51-35)18-43-31(28-19-41-13-11-22(28)12-14-41)15-23-5-3-4-6-26(23)36(43)37(44)45/h2-4,7-8,11-12,17-18,21-22,24,27,29,36-37,43H,5-6,9-10,13-16,19-20,23H2,1H3,(H,46,47);3-10,16,20-22,28,31,33,36H,11-15,17-19H2,1-2H3,(H,44,45)/t29?,36-,37?;28-,31?,33-,36?/m00/s1. The number of esters is 2. The number of methoxy groups -OCH3 is 3. The lowest BCUT2D eigenvalue weighted by Gasteiger charge is -2.52. The van der Waals surface area contributed by atoms with Crippen molar-refractivity contribution in [3.63, 3.8) is 0 Å². The highest BCUT2D eigenvalue weighted by atomic mass is 35.5. The molecule has 104 heavy (non-hydrogen) atoms. The van der Waals surface area contributed by atoms with Gasteiger partial charge in [-0.15, -0.1) is 22.7 Å². The van der Waals surface area contributed by atoms with Crippen LogP contribution in [0.4, 0.5) is 0 Å². The van der Waals surface area contributed by atoms with Crippen LogP contribution in [0.5, 0.6) is 23.0 Å². The summed E-state index contributed by atoms with van der Waals surface area (Å²) in [6.07, 6.45) is 13.4. The largest absolute Gasteiger partial charge is 0.619 e. The minimum Gasteiger partial charge on any atom is -0.619 e. The number of hydrogen-bond acceptors (Lipinski definition) is 18. The average Bonchev–Trinajstić information content (AvgIpc) is 0.919. The van der Waals surface area contributed by atoms with E-state index >= 15 is 0 Å². The van der Waals surface area contributed by atoms with Gasteiger partial charge in [-0.2, -0.15) is 9.46 Å². The molecule has 6 saturated heterocycles. The molecule has 4 unspecified atom stereocenters. The van der Waals surface area contributed by atoms with Crippen molar-refractivity contribution in [3.05, 3.63) is 229 Å². The van der Waals surface area contributed by atoms with Crippen molar-refractivity contribution in [2.75, 3.05) is 60.6 Å². The van der Waals surface area contributed by atoms with Crippen LogP contribution in [0, 0.1) is 28.2 Å². The van der Waals surface area contributed by atoms with Crippen LogP contribution in [0.25, 0.3) is 0 Å². The Balaban J connectivity index is 0.000000185. The summed E-state index contributed by atoms with van der Waals surface area (Å²) in [5, 5.41) is 49.3. The first-order valence-corrected chi connectivity index (χ1v) is 38.3. The third kappa shape index (κ3) is 16.9. The maximum atomic E-state index is 13.9. The van der Waals surface area contributed by atoms with Gasteiger partial charge in [0.05, 0.1) is 27.4 Å². The number of ether oxygens (including phenoxy) is 6. The van der Waals surface area contributed by atoms with Crippen molar-refractivity contribution in [2.45, 2.75) is 126 Å². The van der Waals surface area contributed by atoms with Crippen LogP contribution in [0.2, 0.25) is 20.1 Å². The highest BCUT2D eigenvalue weighted by molar-refractivity contribution is 7.14. The third-order valence-corrected chi connectivity index (χ3v) is 24.9. The van der Waals surface area contributed by atoms with Crippen LogP contribution in [0.3, 0.4) is 0 Å². The predicted molar refractivity (Wildman–Crippen MR) is 397 cm³/mol. The van der Waals surface area contributed by atoms with Crippen LogP contribution < -0.4 is 33.7 Å².